The summed E-state index contributed by atoms with van der Waals surface area (Å²) in [5.41, 5.74) is -2.62. The van der Waals surface area contributed by atoms with Crippen molar-refractivity contribution in [1.29, 1.82) is 0 Å². The maximum Gasteiger partial charge on any atom is 0.485 e. The monoisotopic (exact) mass is 439 g/mol. The normalized spacial score (nSPS) is 11.8. The van der Waals surface area contributed by atoms with Crippen LogP contribution in [0, 0.1) is 0 Å². The number of nitrogens with zero attached hydrogens (tertiary/aromatic N) is 1. The summed E-state index contributed by atoms with van der Waals surface area (Å²) >= 11 is 0. The Morgan fingerprint density at radius 3 is 1.48 bits per heavy atom. The largest absolute Gasteiger partial charge is 0.741 e. The molecule has 1 rings (SSSR count). The molecule has 0 saturated carbocycles. The minimum atomic E-state index is -6.09. The van der Waals surface area contributed by atoms with Crippen molar-refractivity contribution >= 4 is 10.1 Å². The summed E-state index contributed by atoms with van der Waals surface area (Å²) in [4.78, 5) is 0. The average molecular weight is 440 g/mol. The highest BCUT2D eigenvalue weighted by Crippen LogP contribution is 2.20. The van der Waals surface area contributed by atoms with Crippen LogP contribution in [0.15, 0.2) is 18.2 Å². The molecule has 0 N–H and O–H groups in total. The maximum absolute atomic E-state index is 10.7. The standard InChI is InChI=1S/C20H36N.CHF3O3S/c1-4-6-8-10-12-15-19-17-14-18-20(21(19)3)16-13-11-9-7-5-2;2-1(3,4)8(5,6)7/h14,17-18H,4-13,15-16H2,1-3H3;(H,5,6,7)/q+1;/p-1. The van der Waals surface area contributed by atoms with E-state index in [4.69, 9.17) is 13.0 Å². The lowest BCUT2D eigenvalue weighted by Gasteiger charge is -2.08. The van der Waals surface area contributed by atoms with E-state index in [1.807, 2.05) is 0 Å². The Bertz CT molecular complexity index is 629. The van der Waals surface area contributed by atoms with E-state index < -0.39 is 15.6 Å². The van der Waals surface area contributed by atoms with Gasteiger partial charge in [-0.25, -0.2) is 13.0 Å². The van der Waals surface area contributed by atoms with Crippen LogP contribution in [0.25, 0.3) is 0 Å². The molecule has 0 fully saturated rings. The molecule has 0 unspecified atom stereocenters. The van der Waals surface area contributed by atoms with Crippen molar-refractivity contribution < 1.29 is 30.7 Å². The van der Waals surface area contributed by atoms with Gasteiger partial charge in [-0.3, -0.25) is 0 Å². The van der Waals surface area contributed by atoms with Crippen molar-refractivity contribution in [2.45, 2.75) is 96.4 Å². The number of aryl methyl sites for hydroxylation is 2. The molecule has 0 atom stereocenters. The Balaban J connectivity index is 0.000000828. The first-order chi connectivity index (χ1) is 13.5. The summed E-state index contributed by atoms with van der Waals surface area (Å²) in [6, 6.07) is 6.86. The van der Waals surface area contributed by atoms with E-state index in [-0.39, 0.29) is 0 Å². The molecule has 0 bridgehead atoms. The van der Waals surface area contributed by atoms with Crippen LogP contribution in [0.5, 0.6) is 0 Å². The van der Waals surface area contributed by atoms with Crippen LogP contribution in [-0.4, -0.2) is 18.5 Å². The highest BCUT2D eigenvalue weighted by Gasteiger charge is 2.36. The minimum absolute atomic E-state index is 1.24. The number of hydrogen-bond donors (Lipinski definition) is 0. The first kappa shape index (κ1) is 27.8. The summed E-state index contributed by atoms with van der Waals surface area (Å²) in [7, 11) is -3.84. The molecule has 1 aromatic rings. The van der Waals surface area contributed by atoms with Gasteiger partial charge in [0, 0.05) is 25.0 Å². The van der Waals surface area contributed by atoms with Gasteiger partial charge in [0.05, 0.1) is 0 Å². The first-order valence-electron chi connectivity index (χ1n) is 10.5. The van der Waals surface area contributed by atoms with Crippen molar-refractivity contribution in [3.8, 4) is 0 Å². The molecule has 0 spiro atoms. The van der Waals surface area contributed by atoms with E-state index in [9.17, 15) is 13.2 Å². The highest BCUT2D eigenvalue weighted by molar-refractivity contribution is 7.86. The Morgan fingerprint density at radius 2 is 1.17 bits per heavy atom. The van der Waals surface area contributed by atoms with Crippen LogP contribution in [0.1, 0.15) is 89.4 Å². The van der Waals surface area contributed by atoms with Crippen molar-refractivity contribution in [1.82, 2.24) is 0 Å². The van der Waals surface area contributed by atoms with Gasteiger partial charge in [-0.05, 0) is 18.9 Å². The number of unbranched alkanes of at least 4 members (excludes halogenated alkanes) is 8. The molecular formula is C21H36F3NO3S. The smallest absolute Gasteiger partial charge is 0.485 e. The van der Waals surface area contributed by atoms with Gasteiger partial charge >= 0.3 is 5.51 Å². The topological polar surface area (TPSA) is 61.1 Å². The molecule has 170 valence electrons. The number of aromatic nitrogens is 1. The molecule has 1 heterocycles. The van der Waals surface area contributed by atoms with Crippen molar-refractivity contribution in [2.75, 3.05) is 0 Å². The van der Waals surface area contributed by atoms with Crippen LogP contribution < -0.4 is 4.57 Å². The predicted octanol–water partition coefficient (Wildman–Crippen LogP) is 5.59. The summed E-state index contributed by atoms with van der Waals surface area (Å²) in [6.07, 6.45) is 16.2. The fourth-order valence-electron chi connectivity index (χ4n) is 3.00. The molecule has 8 heteroatoms. The predicted molar refractivity (Wildman–Crippen MR) is 108 cm³/mol. The number of pyridine rings is 1. The molecule has 0 aliphatic heterocycles. The summed E-state index contributed by atoms with van der Waals surface area (Å²) < 4.78 is 61.3. The Labute approximate surface area is 174 Å². The number of halogens is 3. The average Bonchev–Trinajstić information content (AvgIpc) is 2.62. The van der Waals surface area contributed by atoms with E-state index >= 15 is 0 Å². The van der Waals surface area contributed by atoms with Crippen molar-refractivity contribution in [3.63, 3.8) is 0 Å². The van der Waals surface area contributed by atoms with E-state index in [1.165, 1.54) is 88.4 Å². The van der Waals surface area contributed by atoms with E-state index in [2.05, 4.69) is 43.7 Å². The zero-order chi connectivity index (χ0) is 22.3. The Morgan fingerprint density at radius 1 is 0.828 bits per heavy atom. The van der Waals surface area contributed by atoms with E-state index in [0.29, 0.717) is 0 Å². The zero-order valence-electron chi connectivity index (χ0n) is 17.9. The van der Waals surface area contributed by atoms with Gasteiger partial charge < -0.3 is 4.55 Å². The second-order valence-electron chi connectivity index (χ2n) is 7.30. The van der Waals surface area contributed by atoms with Gasteiger partial charge in [-0.2, -0.15) is 13.2 Å². The molecule has 0 amide bonds. The molecule has 0 aliphatic rings. The van der Waals surface area contributed by atoms with Crippen LogP contribution in [0.4, 0.5) is 13.2 Å². The molecule has 0 aromatic carbocycles. The third-order valence-electron chi connectivity index (χ3n) is 4.80. The number of alkyl halides is 3. The van der Waals surface area contributed by atoms with E-state index in [0.717, 1.165) is 0 Å². The van der Waals surface area contributed by atoms with Crippen LogP contribution in [0.2, 0.25) is 0 Å². The molecular weight excluding hydrogens is 403 g/mol. The fraction of sp³-hybridized carbons (Fsp3) is 0.762. The Kier molecular flexibility index (Phi) is 14.2. The molecule has 0 saturated heterocycles. The zero-order valence-corrected chi connectivity index (χ0v) is 18.7. The maximum atomic E-state index is 10.7. The summed E-state index contributed by atoms with van der Waals surface area (Å²) in [6.45, 7) is 4.56. The second kappa shape index (κ2) is 14.8. The molecule has 0 aliphatic carbocycles. The van der Waals surface area contributed by atoms with Gasteiger partial charge in [0.25, 0.3) is 0 Å². The van der Waals surface area contributed by atoms with Crippen LogP contribution in [-0.2, 0) is 30.0 Å². The van der Waals surface area contributed by atoms with E-state index in [1.54, 1.807) is 0 Å². The minimum Gasteiger partial charge on any atom is -0.741 e. The molecule has 1 aromatic heterocycles. The lowest BCUT2D eigenvalue weighted by Crippen LogP contribution is -2.38. The highest BCUT2D eigenvalue weighted by atomic mass is 32.2. The van der Waals surface area contributed by atoms with Gasteiger partial charge in [-0.15, -0.1) is 0 Å². The third-order valence-corrected chi connectivity index (χ3v) is 5.36. The first-order valence-corrected chi connectivity index (χ1v) is 11.9. The molecule has 4 nitrogen and oxygen atoms in total. The molecule has 0 radical (unpaired) electrons. The van der Waals surface area contributed by atoms with Gasteiger partial charge in [-0.1, -0.05) is 65.2 Å². The third kappa shape index (κ3) is 12.9. The summed E-state index contributed by atoms with van der Waals surface area (Å²) in [5, 5.41) is 0. The number of rotatable bonds is 12. The quantitative estimate of drug-likeness (QED) is 0.185. The van der Waals surface area contributed by atoms with Crippen LogP contribution in [0.3, 0.4) is 0 Å². The Hall–Kier alpha value is -1.15. The van der Waals surface area contributed by atoms with Crippen molar-refractivity contribution in [2.24, 2.45) is 7.05 Å². The van der Waals surface area contributed by atoms with Gasteiger partial charge in [0.1, 0.15) is 7.05 Å². The lowest BCUT2D eigenvalue weighted by atomic mass is 10.1. The van der Waals surface area contributed by atoms with Crippen LogP contribution >= 0.6 is 0 Å². The molecule has 29 heavy (non-hydrogen) atoms. The summed E-state index contributed by atoms with van der Waals surface area (Å²) in [5.74, 6) is 0. The SMILES string of the molecule is CCCCCCCc1cccc(CCCCCCC)[n+]1C.O=S(=O)([O-])C(F)(F)F. The van der Waals surface area contributed by atoms with Crippen molar-refractivity contribution in [3.05, 3.63) is 29.6 Å². The fourth-order valence-corrected chi connectivity index (χ4v) is 3.00. The van der Waals surface area contributed by atoms with Gasteiger partial charge in [0.15, 0.2) is 21.5 Å². The lowest BCUT2D eigenvalue weighted by molar-refractivity contribution is -0.686. The number of hydrogen-bond acceptors (Lipinski definition) is 3. The second-order valence-corrected chi connectivity index (χ2v) is 8.67. The van der Waals surface area contributed by atoms with Gasteiger partial charge in [0.2, 0.25) is 0 Å².